The standard InChI is InChI=1S/C12H16O2.C3H4O2.2C2H6.H2O/c1-9-4-5-11(10(2)8-9)12(3)6-7-13-14-12;4-3-1-2-5-3;2*1-2;/h4-5,8H,6-7H2,1-3H3;1-2H2;2*1-2H3;1H2. The van der Waals surface area contributed by atoms with E-state index in [1.807, 2.05) is 27.7 Å². The van der Waals surface area contributed by atoms with Gasteiger partial charge in [-0.15, -0.1) is 0 Å². The van der Waals surface area contributed by atoms with E-state index in [2.05, 4.69) is 43.7 Å². The fourth-order valence-corrected chi connectivity index (χ4v) is 2.22. The molecule has 2 N–H and O–H groups in total. The zero-order valence-electron chi connectivity index (χ0n) is 16.2. The molecule has 5 nitrogen and oxygen atoms in total. The molecule has 0 bridgehead atoms. The topological polar surface area (TPSA) is 76.3 Å². The van der Waals surface area contributed by atoms with Crippen LogP contribution in [0.1, 0.15) is 64.2 Å². The van der Waals surface area contributed by atoms with E-state index in [1.54, 1.807) is 0 Å². The molecular weight excluding hydrogens is 308 g/mol. The van der Waals surface area contributed by atoms with E-state index >= 15 is 0 Å². The van der Waals surface area contributed by atoms with Gasteiger partial charge in [0.25, 0.3) is 0 Å². The molecular formula is C19H34O5. The fourth-order valence-electron chi connectivity index (χ4n) is 2.22. The normalized spacial score (nSPS) is 20.4. The predicted molar refractivity (Wildman–Crippen MR) is 96.8 cm³/mol. The SMILES string of the molecule is CC.CC.Cc1ccc(C2(C)CCOO2)c(C)c1.O.O=C1CCO1. The number of carbonyl (C=O) groups is 1. The minimum atomic E-state index is -0.252. The highest BCUT2D eigenvalue weighted by Gasteiger charge is 2.34. The van der Waals surface area contributed by atoms with Crippen LogP contribution >= 0.6 is 0 Å². The third-order valence-electron chi connectivity index (χ3n) is 3.43. The maximum Gasteiger partial charge on any atom is 0.309 e. The molecule has 0 amide bonds. The summed E-state index contributed by atoms with van der Waals surface area (Å²) in [5.41, 5.74) is 3.55. The van der Waals surface area contributed by atoms with Crippen molar-refractivity contribution in [2.24, 2.45) is 0 Å². The van der Waals surface area contributed by atoms with Crippen molar-refractivity contribution in [2.75, 3.05) is 13.2 Å². The summed E-state index contributed by atoms with van der Waals surface area (Å²) in [6, 6.07) is 6.44. The second kappa shape index (κ2) is 12.9. The first-order valence-electron chi connectivity index (χ1n) is 8.55. The lowest BCUT2D eigenvalue weighted by Gasteiger charge is -2.23. The number of hydrogen-bond donors (Lipinski definition) is 0. The number of hydrogen-bond acceptors (Lipinski definition) is 4. The lowest BCUT2D eigenvalue weighted by atomic mass is 9.89. The molecule has 0 spiro atoms. The molecule has 2 aliphatic rings. The third kappa shape index (κ3) is 7.43. The number of ether oxygens (including phenoxy) is 1. The van der Waals surface area contributed by atoms with Gasteiger partial charge in [0.2, 0.25) is 0 Å². The van der Waals surface area contributed by atoms with Crippen LogP contribution in [0.3, 0.4) is 0 Å². The molecule has 0 saturated carbocycles. The third-order valence-corrected chi connectivity index (χ3v) is 3.43. The summed E-state index contributed by atoms with van der Waals surface area (Å²) < 4.78 is 4.29. The molecule has 0 aliphatic carbocycles. The average molecular weight is 342 g/mol. The molecule has 0 aromatic heterocycles. The summed E-state index contributed by atoms with van der Waals surface area (Å²) in [7, 11) is 0. The van der Waals surface area contributed by atoms with Crippen molar-refractivity contribution in [2.45, 2.75) is 66.9 Å². The first-order valence-corrected chi connectivity index (χ1v) is 8.55. The Labute approximate surface area is 146 Å². The predicted octanol–water partition coefficient (Wildman–Crippen LogP) is 4.03. The Kier molecular flexibility index (Phi) is 13.4. The van der Waals surface area contributed by atoms with Crippen LogP contribution in [0.15, 0.2) is 18.2 Å². The highest BCUT2D eigenvalue weighted by atomic mass is 17.2. The van der Waals surface area contributed by atoms with Gasteiger partial charge < -0.3 is 10.2 Å². The van der Waals surface area contributed by atoms with E-state index in [1.165, 1.54) is 16.7 Å². The van der Waals surface area contributed by atoms with Gasteiger partial charge >= 0.3 is 5.97 Å². The first kappa shape index (κ1) is 24.8. The van der Waals surface area contributed by atoms with Gasteiger partial charge in [0, 0.05) is 6.42 Å². The Morgan fingerprint density at radius 2 is 1.58 bits per heavy atom. The van der Waals surface area contributed by atoms with E-state index in [-0.39, 0.29) is 17.0 Å². The van der Waals surface area contributed by atoms with Gasteiger partial charge in [-0.2, -0.15) is 0 Å². The molecule has 3 rings (SSSR count). The highest BCUT2D eigenvalue weighted by Crippen LogP contribution is 2.35. The molecule has 0 radical (unpaired) electrons. The Morgan fingerprint density at radius 3 is 1.92 bits per heavy atom. The molecule has 1 atom stereocenters. The lowest BCUT2D eigenvalue weighted by molar-refractivity contribution is -0.308. The van der Waals surface area contributed by atoms with Crippen LogP contribution in [-0.4, -0.2) is 24.7 Å². The minimum absolute atomic E-state index is 0. The van der Waals surface area contributed by atoms with Crippen LogP contribution in [-0.2, 0) is 24.9 Å². The fraction of sp³-hybridized carbons (Fsp3) is 0.632. The van der Waals surface area contributed by atoms with Gasteiger partial charge in [0.05, 0.1) is 13.0 Å². The number of esters is 1. The molecule has 2 saturated heterocycles. The molecule has 1 aromatic rings. The summed E-state index contributed by atoms with van der Waals surface area (Å²) in [6.07, 6.45) is 1.55. The first-order chi connectivity index (χ1) is 11.0. The Morgan fingerprint density at radius 1 is 1.04 bits per heavy atom. The summed E-state index contributed by atoms with van der Waals surface area (Å²) in [4.78, 5) is 20.0. The van der Waals surface area contributed by atoms with Crippen molar-refractivity contribution < 1.29 is 24.8 Å². The van der Waals surface area contributed by atoms with Crippen molar-refractivity contribution in [1.29, 1.82) is 0 Å². The number of benzene rings is 1. The number of aryl methyl sites for hydroxylation is 2. The Hall–Kier alpha value is -1.43. The largest absolute Gasteiger partial charge is 0.465 e. The molecule has 1 aromatic carbocycles. The van der Waals surface area contributed by atoms with Gasteiger partial charge in [-0.3, -0.25) is 4.79 Å². The van der Waals surface area contributed by atoms with Gasteiger partial charge in [0.15, 0.2) is 0 Å². The molecule has 2 fully saturated rings. The van der Waals surface area contributed by atoms with Crippen LogP contribution in [0.25, 0.3) is 0 Å². The van der Waals surface area contributed by atoms with Crippen molar-refractivity contribution in [3.63, 3.8) is 0 Å². The Balaban J connectivity index is 0. The second-order valence-corrected chi connectivity index (χ2v) is 5.18. The summed E-state index contributed by atoms with van der Waals surface area (Å²) >= 11 is 0. The molecule has 2 aliphatic heterocycles. The van der Waals surface area contributed by atoms with Crippen LogP contribution in [0.5, 0.6) is 0 Å². The van der Waals surface area contributed by atoms with Gasteiger partial charge in [-0.05, 0) is 31.9 Å². The zero-order chi connectivity index (χ0) is 17.9. The van der Waals surface area contributed by atoms with E-state index in [0.717, 1.165) is 6.42 Å². The molecule has 2 heterocycles. The van der Waals surface area contributed by atoms with Gasteiger partial charge in [-0.25, -0.2) is 9.78 Å². The zero-order valence-corrected chi connectivity index (χ0v) is 16.2. The minimum Gasteiger partial charge on any atom is -0.465 e. The summed E-state index contributed by atoms with van der Waals surface area (Å²) in [5.74, 6) is -0.0648. The van der Waals surface area contributed by atoms with Crippen LogP contribution in [0, 0.1) is 13.8 Å². The summed E-state index contributed by atoms with van der Waals surface area (Å²) in [5, 5.41) is 0. The summed E-state index contributed by atoms with van der Waals surface area (Å²) in [6.45, 7) is 15.6. The monoisotopic (exact) mass is 342 g/mol. The van der Waals surface area contributed by atoms with Gasteiger partial charge in [-0.1, -0.05) is 51.5 Å². The number of carbonyl (C=O) groups excluding carboxylic acids is 1. The van der Waals surface area contributed by atoms with Crippen molar-refractivity contribution >= 4 is 5.97 Å². The molecule has 1 unspecified atom stereocenters. The molecule has 24 heavy (non-hydrogen) atoms. The number of cyclic esters (lactones) is 1. The lowest BCUT2D eigenvalue weighted by Crippen LogP contribution is -2.21. The van der Waals surface area contributed by atoms with Crippen molar-refractivity contribution in [3.05, 3.63) is 34.9 Å². The van der Waals surface area contributed by atoms with Crippen molar-refractivity contribution in [3.8, 4) is 0 Å². The quantitative estimate of drug-likeness (QED) is 0.570. The maximum absolute atomic E-state index is 9.68. The number of rotatable bonds is 1. The van der Waals surface area contributed by atoms with E-state index in [0.29, 0.717) is 19.6 Å². The van der Waals surface area contributed by atoms with Crippen LogP contribution in [0.2, 0.25) is 0 Å². The Bertz CT molecular complexity index is 459. The average Bonchev–Trinajstić information content (AvgIpc) is 2.97. The smallest absolute Gasteiger partial charge is 0.309 e. The van der Waals surface area contributed by atoms with E-state index in [9.17, 15) is 4.79 Å². The van der Waals surface area contributed by atoms with Gasteiger partial charge in [0.1, 0.15) is 12.2 Å². The molecule has 5 heteroatoms. The van der Waals surface area contributed by atoms with E-state index in [4.69, 9.17) is 9.78 Å². The van der Waals surface area contributed by atoms with E-state index < -0.39 is 0 Å². The molecule has 140 valence electrons. The maximum atomic E-state index is 9.68. The van der Waals surface area contributed by atoms with Crippen LogP contribution < -0.4 is 0 Å². The van der Waals surface area contributed by atoms with Crippen LogP contribution in [0.4, 0.5) is 0 Å². The second-order valence-electron chi connectivity index (χ2n) is 5.18. The highest BCUT2D eigenvalue weighted by molar-refractivity contribution is 5.73. The van der Waals surface area contributed by atoms with Crippen molar-refractivity contribution in [1.82, 2.24) is 0 Å².